The van der Waals surface area contributed by atoms with Gasteiger partial charge in [0.05, 0.1) is 10.4 Å². The lowest BCUT2D eigenvalue weighted by atomic mass is 10.2. The zero-order valence-corrected chi connectivity index (χ0v) is 12.2. The maximum Gasteiger partial charge on any atom is 0.205 e. The van der Waals surface area contributed by atoms with E-state index in [0.29, 0.717) is 10.4 Å². The van der Waals surface area contributed by atoms with Crippen LogP contribution in [0.25, 0.3) is 27.4 Å². The van der Waals surface area contributed by atoms with E-state index in [9.17, 15) is 5.11 Å². The molecule has 0 amide bonds. The van der Waals surface area contributed by atoms with E-state index in [4.69, 9.17) is 11.6 Å². The SMILES string of the molecule is Cn1ccc2cc(-n3cc4cccc(Cl)c4c3O)ccc21. The second kappa shape index (κ2) is 4.30. The van der Waals surface area contributed by atoms with Crippen molar-refractivity contribution in [1.29, 1.82) is 0 Å². The summed E-state index contributed by atoms with van der Waals surface area (Å²) in [6.07, 6.45) is 3.93. The van der Waals surface area contributed by atoms with Gasteiger partial charge in [-0.05, 0) is 30.3 Å². The molecule has 0 bridgehead atoms. The predicted molar refractivity (Wildman–Crippen MR) is 86.4 cm³/mol. The second-order valence-electron chi connectivity index (χ2n) is 5.20. The fourth-order valence-corrected chi connectivity index (χ4v) is 3.09. The molecule has 21 heavy (non-hydrogen) atoms. The minimum absolute atomic E-state index is 0.172. The Hall–Kier alpha value is -2.39. The standard InChI is InChI=1S/C17H13ClN2O/c1-19-8-7-11-9-13(5-6-15(11)19)20-10-12-3-2-4-14(18)16(12)17(20)21/h2-10,21H,1H3. The van der Waals surface area contributed by atoms with E-state index in [2.05, 4.69) is 22.8 Å². The third-order valence-corrected chi connectivity index (χ3v) is 4.23. The third kappa shape index (κ3) is 1.74. The Morgan fingerprint density at radius 3 is 2.71 bits per heavy atom. The van der Waals surface area contributed by atoms with Crippen LogP contribution in [0.5, 0.6) is 5.88 Å². The Bertz CT molecular complexity index is 981. The number of nitrogens with zero attached hydrogens (tertiary/aromatic N) is 2. The predicted octanol–water partition coefficient (Wildman–Crippen LogP) is 4.48. The van der Waals surface area contributed by atoms with Gasteiger partial charge in [0.1, 0.15) is 0 Å². The maximum atomic E-state index is 10.5. The van der Waals surface area contributed by atoms with Crippen molar-refractivity contribution in [1.82, 2.24) is 9.13 Å². The highest BCUT2D eigenvalue weighted by molar-refractivity contribution is 6.36. The first-order valence-corrected chi connectivity index (χ1v) is 7.07. The molecule has 0 aliphatic rings. The highest BCUT2D eigenvalue weighted by Crippen LogP contribution is 2.35. The molecule has 3 nitrogen and oxygen atoms in total. The van der Waals surface area contributed by atoms with Crippen molar-refractivity contribution in [3.8, 4) is 11.6 Å². The van der Waals surface area contributed by atoms with Crippen molar-refractivity contribution in [2.24, 2.45) is 7.05 Å². The van der Waals surface area contributed by atoms with Gasteiger partial charge in [-0.2, -0.15) is 0 Å². The van der Waals surface area contributed by atoms with Crippen LogP contribution in [0.1, 0.15) is 0 Å². The van der Waals surface area contributed by atoms with Crippen molar-refractivity contribution in [3.05, 3.63) is 59.9 Å². The summed E-state index contributed by atoms with van der Waals surface area (Å²) in [6.45, 7) is 0. The van der Waals surface area contributed by atoms with Crippen LogP contribution in [0.15, 0.2) is 54.9 Å². The van der Waals surface area contributed by atoms with Crippen LogP contribution in [-0.4, -0.2) is 14.2 Å². The molecule has 0 aliphatic heterocycles. The summed E-state index contributed by atoms with van der Waals surface area (Å²) in [5.74, 6) is 0.172. The molecule has 0 atom stereocenters. The van der Waals surface area contributed by atoms with Gasteiger partial charge in [0.2, 0.25) is 5.88 Å². The molecule has 0 spiro atoms. The minimum atomic E-state index is 0.172. The molecule has 4 rings (SSSR count). The summed E-state index contributed by atoms with van der Waals surface area (Å²) in [4.78, 5) is 0. The Morgan fingerprint density at radius 1 is 1.05 bits per heavy atom. The summed E-state index contributed by atoms with van der Waals surface area (Å²) in [7, 11) is 2.02. The van der Waals surface area contributed by atoms with Crippen LogP contribution in [0.2, 0.25) is 5.02 Å². The first kappa shape index (κ1) is 12.4. The molecule has 0 fully saturated rings. The first-order valence-electron chi connectivity index (χ1n) is 6.69. The number of rotatable bonds is 1. The summed E-state index contributed by atoms with van der Waals surface area (Å²) >= 11 is 6.18. The van der Waals surface area contributed by atoms with Gasteiger partial charge < -0.3 is 9.67 Å². The monoisotopic (exact) mass is 296 g/mol. The van der Waals surface area contributed by atoms with Gasteiger partial charge >= 0.3 is 0 Å². The number of aromatic hydroxyl groups is 1. The van der Waals surface area contributed by atoms with Crippen molar-refractivity contribution in [2.75, 3.05) is 0 Å². The summed E-state index contributed by atoms with van der Waals surface area (Å²) < 4.78 is 3.84. The Labute approximate surface area is 126 Å². The van der Waals surface area contributed by atoms with Gasteiger partial charge in [-0.15, -0.1) is 0 Å². The quantitative estimate of drug-likeness (QED) is 0.551. The minimum Gasteiger partial charge on any atom is -0.494 e. The molecule has 0 saturated carbocycles. The highest BCUT2D eigenvalue weighted by atomic mass is 35.5. The maximum absolute atomic E-state index is 10.5. The normalized spacial score (nSPS) is 11.5. The fourth-order valence-electron chi connectivity index (χ4n) is 2.82. The summed E-state index contributed by atoms with van der Waals surface area (Å²) in [5.41, 5.74) is 2.08. The van der Waals surface area contributed by atoms with Crippen molar-refractivity contribution in [3.63, 3.8) is 0 Å². The Balaban J connectivity index is 1.99. The highest BCUT2D eigenvalue weighted by Gasteiger charge is 2.13. The molecule has 4 heteroatoms. The number of halogens is 1. The van der Waals surface area contributed by atoms with Crippen LogP contribution >= 0.6 is 11.6 Å². The zero-order valence-electron chi connectivity index (χ0n) is 11.4. The molecular weight excluding hydrogens is 284 g/mol. The van der Waals surface area contributed by atoms with E-state index in [1.807, 2.05) is 37.6 Å². The number of aromatic nitrogens is 2. The average molecular weight is 297 g/mol. The van der Waals surface area contributed by atoms with Gasteiger partial charge in [-0.25, -0.2) is 0 Å². The lowest BCUT2D eigenvalue weighted by Crippen LogP contribution is -1.91. The van der Waals surface area contributed by atoms with Gasteiger partial charge in [0, 0.05) is 41.4 Å². The Kier molecular flexibility index (Phi) is 2.53. The molecule has 0 unspecified atom stereocenters. The van der Waals surface area contributed by atoms with E-state index in [1.165, 1.54) is 0 Å². The van der Waals surface area contributed by atoms with Crippen molar-refractivity contribution >= 4 is 33.3 Å². The molecule has 4 aromatic rings. The van der Waals surface area contributed by atoms with Crippen molar-refractivity contribution < 1.29 is 5.11 Å². The smallest absolute Gasteiger partial charge is 0.205 e. The molecule has 2 aromatic carbocycles. The van der Waals surface area contributed by atoms with E-state index in [0.717, 1.165) is 22.0 Å². The second-order valence-corrected chi connectivity index (χ2v) is 5.60. The molecule has 2 heterocycles. The molecule has 0 aliphatic carbocycles. The summed E-state index contributed by atoms with van der Waals surface area (Å²) in [5, 5.41) is 13.8. The van der Waals surface area contributed by atoms with E-state index >= 15 is 0 Å². The molecule has 0 saturated heterocycles. The van der Waals surface area contributed by atoms with Gasteiger partial charge in [0.15, 0.2) is 0 Å². The van der Waals surface area contributed by atoms with Crippen LogP contribution in [0, 0.1) is 0 Å². The molecule has 2 aromatic heterocycles. The Morgan fingerprint density at radius 2 is 1.90 bits per heavy atom. The number of hydrogen-bond donors (Lipinski definition) is 1. The topological polar surface area (TPSA) is 30.1 Å². The van der Waals surface area contributed by atoms with E-state index in [1.54, 1.807) is 10.6 Å². The van der Waals surface area contributed by atoms with Crippen LogP contribution < -0.4 is 0 Å². The van der Waals surface area contributed by atoms with E-state index in [-0.39, 0.29) is 5.88 Å². The molecule has 1 N–H and O–H groups in total. The lowest BCUT2D eigenvalue weighted by Gasteiger charge is -2.06. The molecular formula is C17H13ClN2O. The van der Waals surface area contributed by atoms with Crippen LogP contribution in [-0.2, 0) is 7.05 Å². The van der Waals surface area contributed by atoms with Crippen molar-refractivity contribution in [2.45, 2.75) is 0 Å². The van der Waals surface area contributed by atoms with E-state index < -0.39 is 0 Å². The molecule has 104 valence electrons. The lowest BCUT2D eigenvalue weighted by molar-refractivity contribution is 0.448. The molecule has 0 radical (unpaired) electrons. The number of hydrogen-bond acceptors (Lipinski definition) is 1. The number of aryl methyl sites for hydroxylation is 1. The van der Waals surface area contributed by atoms with Gasteiger partial charge in [0.25, 0.3) is 0 Å². The van der Waals surface area contributed by atoms with Gasteiger partial charge in [-0.3, -0.25) is 4.57 Å². The largest absolute Gasteiger partial charge is 0.494 e. The first-order chi connectivity index (χ1) is 10.1. The number of benzene rings is 2. The third-order valence-electron chi connectivity index (χ3n) is 3.91. The number of fused-ring (bicyclic) bond motifs is 2. The average Bonchev–Trinajstić information content (AvgIpc) is 3.01. The van der Waals surface area contributed by atoms with Gasteiger partial charge in [-0.1, -0.05) is 23.7 Å². The van der Waals surface area contributed by atoms with Crippen LogP contribution in [0.4, 0.5) is 0 Å². The fraction of sp³-hybridized carbons (Fsp3) is 0.0588. The summed E-state index contributed by atoms with van der Waals surface area (Å²) in [6, 6.07) is 13.8. The van der Waals surface area contributed by atoms with Crippen LogP contribution in [0.3, 0.4) is 0 Å². The zero-order chi connectivity index (χ0) is 14.6.